The van der Waals surface area contributed by atoms with Crippen molar-refractivity contribution >= 4 is 46.5 Å². The molecule has 1 spiro atoms. The molecule has 0 saturated heterocycles. The third-order valence-corrected chi connectivity index (χ3v) is 5.89. The highest BCUT2D eigenvalue weighted by Gasteiger charge is 2.54. The van der Waals surface area contributed by atoms with Gasteiger partial charge in [0.05, 0.1) is 23.5 Å². The van der Waals surface area contributed by atoms with E-state index in [2.05, 4.69) is 15.7 Å². The van der Waals surface area contributed by atoms with Gasteiger partial charge in [-0.1, -0.05) is 47.5 Å². The average Bonchev–Trinajstić information content (AvgIpc) is 3.19. The normalized spacial score (nSPS) is 19.9. The molecule has 2 aliphatic heterocycles. The molecular weight excluding hydrogens is 399 g/mol. The van der Waals surface area contributed by atoms with Crippen molar-refractivity contribution in [2.45, 2.75) is 18.4 Å². The molecule has 2 N–H and O–H groups in total. The number of carbonyl (C=O) groups excluding carboxylic acids is 2. The highest BCUT2D eigenvalue weighted by atomic mass is 35.5. The van der Waals surface area contributed by atoms with Gasteiger partial charge in [-0.2, -0.15) is 5.10 Å². The van der Waals surface area contributed by atoms with Gasteiger partial charge in [-0.3, -0.25) is 9.59 Å². The van der Waals surface area contributed by atoms with Crippen molar-refractivity contribution in [1.82, 2.24) is 9.78 Å². The molecule has 1 aromatic heterocycles. The maximum atomic E-state index is 13.1. The van der Waals surface area contributed by atoms with Crippen molar-refractivity contribution in [2.75, 3.05) is 10.6 Å². The topological polar surface area (TPSA) is 76.0 Å². The summed E-state index contributed by atoms with van der Waals surface area (Å²) in [7, 11) is 0. The second kappa shape index (κ2) is 6.09. The molecule has 2 aliphatic rings. The highest BCUT2D eigenvalue weighted by Crippen LogP contribution is 2.51. The standard InChI is InChI=1S/C20H14Cl2N4O2/c21-12-6-4-11(5-7-12)10-26-18-14(9-23-26)20(8-16(27)24-18)13-2-1-3-15(22)17(13)25-19(20)28/h1-7,9H,8,10H2,(H,24,27)(H,25,28)/t20-/m1/s1. The summed E-state index contributed by atoms with van der Waals surface area (Å²) >= 11 is 12.2. The quantitative estimate of drug-likeness (QED) is 0.671. The smallest absolute Gasteiger partial charge is 0.240 e. The molecule has 2 amide bonds. The summed E-state index contributed by atoms with van der Waals surface area (Å²) in [6.07, 6.45) is 1.66. The number of carbonyl (C=O) groups is 2. The number of aromatic nitrogens is 2. The second-order valence-corrected chi connectivity index (χ2v) is 7.78. The first-order valence-corrected chi connectivity index (χ1v) is 9.45. The van der Waals surface area contributed by atoms with Crippen molar-refractivity contribution in [3.05, 3.63) is 75.4 Å². The lowest BCUT2D eigenvalue weighted by Crippen LogP contribution is -2.43. The van der Waals surface area contributed by atoms with Crippen molar-refractivity contribution < 1.29 is 9.59 Å². The lowest BCUT2D eigenvalue weighted by molar-refractivity contribution is -0.125. The summed E-state index contributed by atoms with van der Waals surface area (Å²) in [6, 6.07) is 12.7. The Morgan fingerprint density at radius 1 is 1.04 bits per heavy atom. The first-order valence-electron chi connectivity index (χ1n) is 8.70. The number of rotatable bonds is 2. The molecule has 0 fully saturated rings. The first kappa shape index (κ1) is 17.3. The van der Waals surface area contributed by atoms with E-state index in [4.69, 9.17) is 23.2 Å². The SMILES string of the molecule is O=C1C[C@]2(C(=O)Nc3c(Cl)cccc32)c2cnn(Cc3ccc(Cl)cc3)c2N1. The lowest BCUT2D eigenvalue weighted by atomic mass is 9.72. The van der Waals surface area contributed by atoms with Crippen LogP contribution in [-0.2, 0) is 21.5 Å². The zero-order valence-corrected chi connectivity index (χ0v) is 16.0. The zero-order chi connectivity index (χ0) is 19.5. The maximum absolute atomic E-state index is 13.1. The number of para-hydroxylation sites is 1. The van der Waals surface area contributed by atoms with Gasteiger partial charge in [0.1, 0.15) is 11.2 Å². The third-order valence-electron chi connectivity index (χ3n) is 5.33. The van der Waals surface area contributed by atoms with Crippen LogP contribution in [0.25, 0.3) is 0 Å². The lowest BCUT2D eigenvalue weighted by Gasteiger charge is -2.31. The van der Waals surface area contributed by atoms with Crippen molar-refractivity contribution in [3.8, 4) is 0 Å². The highest BCUT2D eigenvalue weighted by molar-refractivity contribution is 6.35. The monoisotopic (exact) mass is 412 g/mol. The molecule has 140 valence electrons. The van der Waals surface area contributed by atoms with Gasteiger partial charge < -0.3 is 10.6 Å². The minimum atomic E-state index is -1.13. The number of fused-ring (bicyclic) bond motifs is 4. The van der Waals surface area contributed by atoms with E-state index < -0.39 is 5.41 Å². The van der Waals surface area contributed by atoms with E-state index in [1.165, 1.54) is 0 Å². The van der Waals surface area contributed by atoms with Crippen LogP contribution in [0.5, 0.6) is 0 Å². The Hall–Kier alpha value is -2.83. The fraction of sp³-hybridized carbons (Fsp3) is 0.150. The van der Waals surface area contributed by atoms with E-state index in [0.29, 0.717) is 39.2 Å². The van der Waals surface area contributed by atoms with Crippen molar-refractivity contribution in [2.24, 2.45) is 0 Å². The maximum Gasteiger partial charge on any atom is 0.240 e. The Morgan fingerprint density at radius 2 is 1.82 bits per heavy atom. The van der Waals surface area contributed by atoms with Gasteiger partial charge >= 0.3 is 0 Å². The fourth-order valence-electron chi connectivity index (χ4n) is 4.02. The molecule has 0 bridgehead atoms. The average molecular weight is 413 g/mol. The number of amides is 2. The van der Waals surface area contributed by atoms with E-state index in [1.54, 1.807) is 35.1 Å². The first-order chi connectivity index (χ1) is 13.5. The van der Waals surface area contributed by atoms with Crippen LogP contribution in [0.1, 0.15) is 23.1 Å². The molecule has 1 atom stereocenters. The Balaban J connectivity index is 1.65. The number of hydrogen-bond acceptors (Lipinski definition) is 3. The number of halogens is 2. The van der Waals surface area contributed by atoms with E-state index >= 15 is 0 Å². The van der Waals surface area contributed by atoms with Crippen LogP contribution < -0.4 is 10.6 Å². The summed E-state index contributed by atoms with van der Waals surface area (Å²) < 4.78 is 1.69. The molecule has 0 radical (unpaired) electrons. The summed E-state index contributed by atoms with van der Waals surface area (Å²) in [6.45, 7) is 0.437. The molecule has 3 aromatic rings. The molecule has 28 heavy (non-hydrogen) atoms. The van der Waals surface area contributed by atoms with E-state index in [1.807, 2.05) is 18.2 Å². The minimum Gasteiger partial charge on any atom is -0.323 e. The van der Waals surface area contributed by atoms with Crippen molar-refractivity contribution in [3.63, 3.8) is 0 Å². The van der Waals surface area contributed by atoms with Gasteiger partial charge in [0.25, 0.3) is 0 Å². The van der Waals surface area contributed by atoms with Gasteiger partial charge in [-0.05, 0) is 29.3 Å². The van der Waals surface area contributed by atoms with Gasteiger partial charge in [0.15, 0.2) is 0 Å². The summed E-state index contributed by atoms with van der Waals surface area (Å²) in [5.74, 6) is 0.0141. The molecule has 5 rings (SSSR count). The molecule has 0 aliphatic carbocycles. The molecule has 0 unspecified atom stereocenters. The van der Waals surface area contributed by atoms with Gasteiger partial charge in [0.2, 0.25) is 11.8 Å². The Kier molecular flexibility index (Phi) is 3.76. The molecule has 0 saturated carbocycles. The largest absolute Gasteiger partial charge is 0.323 e. The van der Waals surface area contributed by atoms with E-state index in [9.17, 15) is 9.59 Å². The van der Waals surface area contributed by atoms with Crippen LogP contribution in [0.4, 0.5) is 11.5 Å². The minimum absolute atomic E-state index is 0.00577. The number of nitrogens with one attached hydrogen (secondary N) is 2. The van der Waals surface area contributed by atoms with Crippen LogP contribution in [-0.4, -0.2) is 21.6 Å². The second-order valence-electron chi connectivity index (χ2n) is 6.94. The van der Waals surface area contributed by atoms with Crippen LogP contribution in [0.3, 0.4) is 0 Å². The molecular formula is C20H14Cl2N4O2. The molecule has 2 aromatic carbocycles. The Bertz CT molecular complexity index is 1140. The van der Waals surface area contributed by atoms with E-state index in [-0.39, 0.29) is 18.2 Å². The van der Waals surface area contributed by atoms with Gasteiger partial charge in [-0.15, -0.1) is 0 Å². The molecule has 6 nitrogen and oxygen atoms in total. The van der Waals surface area contributed by atoms with Crippen LogP contribution >= 0.6 is 23.2 Å². The van der Waals surface area contributed by atoms with Crippen LogP contribution in [0.2, 0.25) is 10.0 Å². The number of benzene rings is 2. The predicted molar refractivity (Wildman–Crippen MR) is 107 cm³/mol. The predicted octanol–water partition coefficient (Wildman–Crippen LogP) is 3.82. The van der Waals surface area contributed by atoms with Gasteiger partial charge in [-0.25, -0.2) is 4.68 Å². The molecule has 8 heteroatoms. The van der Waals surface area contributed by atoms with Crippen LogP contribution in [0.15, 0.2) is 48.7 Å². The number of anilines is 2. The zero-order valence-electron chi connectivity index (χ0n) is 14.5. The number of hydrogen-bond donors (Lipinski definition) is 2. The number of nitrogens with zero attached hydrogens (tertiary/aromatic N) is 2. The van der Waals surface area contributed by atoms with E-state index in [0.717, 1.165) is 5.56 Å². The van der Waals surface area contributed by atoms with Crippen molar-refractivity contribution in [1.29, 1.82) is 0 Å². The Labute approximate surface area is 170 Å². The molecule has 3 heterocycles. The summed E-state index contributed by atoms with van der Waals surface area (Å²) in [5.41, 5.74) is 1.77. The summed E-state index contributed by atoms with van der Waals surface area (Å²) in [5, 5.41) is 11.3. The van der Waals surface area contributed by atoms with Gasteiger partial charge in [0, 0.05) is 17.0 Å². The summed E-state index contributed by atoms with van der Waals surface area (Å²) in [4.78, 5) is 25.7. The van der Waals surface area contributed by atoms with Crippen LogP contribution in [0, 0.1) is 0 Å². The third kappa shape index (κ3) is 2.38. The fourth-order valence-corrected chi connectivity index (χ4v) is 4.36. The Morgan fingerprint density at radius 3 is 2.61 bits per heavy atom.